The van der Waals surface area contributed by atoms with Crippen molar-refractivity contribution >= 4 is 17.7 Å². The molecule has 0 radical (unpaired) electrons. The first-order chi connectivity index (χ1) is 13.4. The zero-order valence-corrected chi connectivity index (χ0v) is 15.4. The molecule has 6 heteroatoms. The van der Waals surface area contributed by atoms with Crippen LogP contribution in [0, 0.1) is 31.0 Å². The Morgan fingerprint density at radius 3 is 2.50 bits per heavy atom. The number of hydrogen-bond acceptors (Lipinski definition) is 3. The molecule has 3 rings (SSSR count). The van der Waals surface area contributed by atoms with Gasteiger partial charge in [-0.2, -0.15) is 5.26 Å². The normalized spacial score (nSPS) is 11.1. The molecule has 2 aromatic carbocycles. The maximum Gasteiger partial charge on any atom is 0.266 e. The second-order valence-corrected chi connectivity index (χ2v) is 6.28. The number of nitrogens with one attached hydrogen (secondary N) is 1. The number of halogens is 1. The highest BCUT2D eigenvalue weighted by molar-refractivity contribution is 6.09. The number of nitrogens with zero attached hydrogens (tertiary/aromatic N) is 2. The monoisotopic (exact) mass is 375 g/mol. The smallest absolute Gasteiger partial charge is 0.266 e. The fourth-order valence-electron chi connectivity index (χ4n) is 2.99. The number of para-hydroxylation sites is 1. The van der Waals surface area contributed by atoms with Crippen LogP contribution in [-0.2, 0) is 4.79 Å². The predicted molar refractivity (Wildman–Crippen MR) is 106 cm³/mol. The standard InChI is InChI=1S/C22H18FN3O2/c1-14-11-16(15(2)26(14)18-7-9-19(27)10-8-18)12-17(13-24)22(28)25-21-6-4-3-5-20(21)23/h3-12,27H,1-2H3,(H,25,28)/b17-12-. The minimum Gasteiger partial charge on any atom is -0.508 e. The number of phenols is 1. The summed E-state index contributed by atoms with van der Waals surface area (Å²) in [4.78, 5) is 12.4. The molecule has 0 saturated carbocycles. The molecule has 0 unspecified atom stereocenters. The van der Waals surface area contributed by atoms with Crippen molar-refractivity contribution in [1.82, 2.24) is 4.57 Å². The molecule has 1 heterocycles. The average Bonchev–Trinajstić information content (AvgIpc) is 2.95. The van der Waals surface area contributed by atoms with Crippen molar-refractivity contribution in [1.29, 1.82) is 5.26 Å². The third kappa shape index (κ3) is 3.79. The average molecular weight is 375 g/mol. The number of nitriles is 1. The molecule has 0 bridgehead atoms. The van der Waals surface area contributed by atoms with E-state index in [2.05, 4.69) is 5.32 Å². The molecule has 28 heavy (non-hydrogen) atoms. The highest BCUT2D eigenvalue weighted by Crippen LogP contribution is 2.24. The first-order valence-electron chi connectivity index (χ1n) is 8.56. The van der Waals surface area contributed by atoms with Crippen molar-refractivity contribution in [2.24, 2.45) is 0 Å². The summed E-state index contributed by atoms with van der Waals surface area (Å²) in [6.45, 7) is 3.78. The van der Waals surface area contributed by atoms with Crippen LogP contribution in [0.1, 0.15) is 17.0 Å². The van der Waals surface area contributed by atoms with Gasteiger partial charge < -0.3 is 15.0 Å². The van der Waals surface area contributed by atoms with Gasteiger partial charge in [0.15, 0.2) is 0 Å². The van der Waals surface area contributed by atoms with Gasteiger partial charge in [-0.05, 0) is 68.0 Å². The van der Waals surface area contributed by atoms with Crippen LogP contribution in [0.5, 0.6) is 5.75 Å². The number of aromatic hydroxyl groups is 1. The van der Waals surface area contributed by atoms with Gasteiger partial charge in [0.05, 0.1) is 5.69 Å². The van der Waals surface area contributed by atoms with Crippen LogP contribution in [0.3, 0.4) is 0 Å². The van der Waals surface area contributed by atoms with E-state index in [0.717, 1.165) is 17.1 Å². The van der Waals surface area contributed by atoms with Crippen LogP contribution in [0.25, 0.3) is 11.8 Å². The van der Waals surface area contributed by atoms with Crippen molar-refractivity contribution in [2.45, 2.75) is 13.8 Å². The van der Waals surface area contributed by atoms with Crippen LogP contribution in [0.15, 0.2) is 60.2 Å². The summed E-state index contributed by atoms with van der Waals surface area (Å²) in [7, 11) is 0. The summed E-state index contributed by atoms with van der Waals surface area (Å²) in [5, 5.41) is 21.3. The van der Waals surface area contributed by atoms with Crippen LogP contribution < -0.4 is 5.32 Å². The summed E-state index contributed by atoms with van der Waals surface area (Å²) >= 11 is 0. The van der Waals surface area contributed by atoms with Crippen LogP contribution in [0.2, 0.25) is 0 Å². The van der Waals surface area contributed by atoms with Gasteiger partial charge >= 0.3 is 0 Å². The van der Waals surface area contributed by atoms with E-state index in [1.165, 1.54) is 24.3 Å². The van der Waals surface area contributed by atoms with Gasteiger partial charge in [0.25, 0.3) is 5.91 Å². The van der Waals surface area contributed by atoms with E-state index in [1.807, 2.05) is 30.6 Å². The molecule has 0 fully saturated rings. The lowest BCUT2D eigenvalue weighted by Gasteiger charge is -2.09. The third-order valence-corrected chi connectivity index (χ3v) is 4.37. The number of aromatic nitrogens is 1. The fraction of sp³-hybridized carbons (Fsp3) is 0.0909. The molecule has 2 N–H and O–H groups in total. The van der Waals surface area contributed by atoms with Gasteiger partial charge in [-0.3, -0.25) is 4.79 Å². The van der Waals surface area contributed by atoms with Gasteiger partial charge in [0.2, 0.25) is 0 Å². The van der Waals surface area contributed by atoms with Crippen LogP contribution in [-0.4, -0.2) is 15.6 Å². The predicted octanol–water partition coefficient (Wildman–Crippen LogP) is 4.48. The Hall–Kier alpha value is -3.85. The molecule has 0 aliphatic rings. The lowest BCUT2D eigenvalue weighted by atomic mass is 10.1. The molecule has 0 aliphatic carbocycles. The first kappa shape index (κ1) is 18.9. The number of carbonyl (C=O) groups is 1. The van der Waals surface area contributed by atoms with Gasteiger partial charge in [-0.25, -0.2) is 4.39 Å². The molecule has 0 saturated heterocycles. The maximum absolute atomic E-state index is 13.7. The van der Waals surface area contributed by atoms with E-state index in [4.69, 9.17) is 0 Å². The second-order valence-electron chi connectivity index (χ2n) is 6.28. The minimum absolute atomic E-state index is 0.0169. The van der Waals surface area contributed by atoms with Crippen molar-refractivity contribution in [3.63, 3.8) is 0 Å². The van der Waals surface area contributed by atoms with E-state index in [1.54, 1.807) is 30.3 Å². The van der Waals surface area contributed by atoms with E-state index in [9.17, 15) is 19.6 Å². The Labute approximate surface area is 162 Å². The number of rotatable bonds is 4. The van der Waals surface area contributed by atoms with Crippen molar-refractivity contribution < 1.29 is 14.3 Å². The first-order valence-corrected chi connectivity index (χ1v) is 8.56. The van der Waals surface area contributed by atoms with E-state index < -0.39 is 11.7 Å². The Morgan fingerprint density at radius 2 is 1.86 bits per heavy atom. The Bertz CT molecular complexity index is 1110. The van der Waals surface area contributed by atoms with Gasteiger partial charge in [0.1, 0.15) is 23.2 Å². The summed E-state index contributed by atoms with van der Waals surface area (Å²) in [5.74, 6) is -1.08. The molecular formula is C22H18FN3O2. The van der Waals surface area contributed by atoms with E-state index >= 15 is 0 Å². The fourth-order valence-corrected chi connectivity index (χ4v) is 2.99. The number of amides is 1. The second kappa shape index (κ2) is 7.80. The highest BCUT2D eigenvalue weighted by atomic mass is 19.1. The van der Waals surface area contributed by atoms with Crippen LogP contribution in [0.4, 0.5) is 10.1 Å². The quantitative estimate of drug-likeness (QED) is 0.521. The molecule has 0 spiro atoms. The molecular weight excluding hydrogens is 357 g/mol. The number of phenolic OH excluding ortho intramolecular Hbond substituents is 1. The SMILES string of the molecule is Cc1cc(/C=C(/C#N)C(=O)Nc2ccccc2F)c(C)n1-c1ccc(O)cc1. The van der Waals surface area contributed by atoms with Crippen molar-refractivity contribution in [3.8, 4) is 17.5 Å². The number of carbonyl (C=O) groups excluding carboxylic acids is 1. The number of benzene rings is 2. The van der Waals surface area contributed by atoms with E-state index in [-0.39, 0.29) is 17.0 Å². The summed E-state index contributed by atoms with van der Waals surface area (Å²) in [6.07, 6.45) is 1.48. The largest absolute Gasteiger partial charge is 0.508 e. The lowest BCUT2D eigenvalue weighted by molar-refractivity contribution is -0.112. The number of aryl methyl sites for hydroxylation is 1. The van der Waals surface area contributed by atoms with Gasteiger partial charge in [-0.1, -0.05) is 12.1 Å². The van der Waals surface area contributed by atoms with Crippen molar-refractivity contribution in [2.75, 3.05) is 5.32 Å². The van der Waals surface area contributed by atoms with Gasteiger partial charge in [-0.15, -0.1) is 0 Å². The zero-order valence-electron chi connectivity index (χ0n) is 15.4. The Kier molecular flexibility index (Phi) is 5.28. The van der Waals surface area contributed by atoms with Crippen molar-refractivity contribution in [3.05, 3.63) is 82.9 Å². The summed E-state index contributed by atoms with van der Waals surface area (Å²) < 4.78 is 15.7. The third-order valence-electron chi connectivity index (χ3n) is 4.37. The Morgan fingerprint density at radius 1 is 1.18 bits per heavy atom. The summed E-state index contributed by atoms with van der Waals surface area (Å²) in [6, 6.07) is 16.2. The summed E-state index contributed by atoms with van der Waals surface area (Å²) in [5.41, 5.74) is 3.17. The topological polar surface area (TPSA) is 78.0 Å². The molecule has 1 aromatic heterocycles. The molecule has 140 valence electrons. The minimum atomic E-state index is -0.679. The van der Waals surface area contributed by atoms with Crippen LogP contribution >= 0.6 is 0 Å². The molecule has 0 atom stereocenters. The molecule has 0 aliphatic heterocycles. The lowest BCUT2D eigenvalue weighted by Crippen LogP contribution is -2.14. The Balaban J connectivity index is 1.94. The highest BCUT2D eigenvalue weighted by Gasteiger charge is 2.15. The molecule has 5 nitrogen and oxygen atoms in total. The zero-order chi connectivity index (χ0) is 20.3. The molecule has 3 aromatic rings. The molecule has 1 amide bonds. The van der Waals surface area contributed by atoms with Gasteiger partial charge in [0, 0.05) is 17.1 Å². The number of hydrogen-bond donors (Lipinski definition) is 2. The van der Waals surface area contributed by atoms with E-state index in [0.29, 0.717) is 5.56 Å². The maximum atomic E-state index is 13.7. The number of anilines is 1.